The number of thiophene rings is 1. The highest BCUT2D eigenvalue weighted by molar-refractivity contribution is 7.14. The number of aryl methyl sites for hydroxylation is 1. The van der Waals surface area contributed by atoms with Crippen LogP contribution < -0.4 is 10.6 Å². The molecule has 4 rings (SSSR count). The number of anilines is 1. The van der Waals surface area contributed by atoms with E-state index >= 15 is 0 Å². The van der Waals surface area contributed by atoms with E-state index in [1.54, 1.807) is 18.4 Å². The van der Waals surface area contributed by atoms with Crippen LogP contribution in [0.1, 0.15) is 41.3 Å². The van der Waals surface area contributed by atoms with E-state index in [9.17, 15) is 19.2 Å². The van der Waals surface area contributed by atoms with E-state index in [0.717, 1.165) is 28.9 Å². The van der Waals surface area contributed by atoms with Gasteiger partial charge >= 0.3 is 12.0 Å². The van der Waals surface area contributed by atoms with Gasteiger partial charge in [0.1, 0.15) is 17.1 Å². The van der Waals surface area contributed by atoms with Crippen LogP contribution in [-0.4, -0.2) is 41.9 Å². The lowest BCUT2D eigenvalue weighted by Gasteiger charge is -2.33. The lowest BCUT2D eigenvalue weighted by molar-refractivity contribution is -0.134. The Kier molecular flexibility index (Phi) is 5.29. The summed E-state index contributed by atoms with van der Waals surface area (Å²) in [4.78, 5) is 51.4. The molecule has 30 heavy (non-hydrogen) atoms. The van der Waals surface area contributed by atoms with Crippen LogP contribution in [0.2, 0.25) is 0 Å². The Bertz CT molecular complexity index is 1030. The molecule has 1 unspecified atom stereocenters. The average Bonchev–Trinajstić information content (AvgIpc) is 3.27. The van der Waals surface area contributed by atoms with Gasteiger partial charge in [0.15, 0.2) is 0 Å². The zero-order valence-corrected chi connectivity index (χ0v) is 17.2. The topological polar surface area (TPSA) is 105 Å². The van der Waals surface area contributed by atoms with Crippen molar-refractivity contribution in [3.8, 4) is 0 Å². The monoisotopic (exact) mass is 427 g/mol. The van der Waals surface area contributed by atoms with Gasteiger partial charge in [-0.2, -0.15) is 0 Å². The average molecular weight is 427 g/mol. The summed E-state index contributed by atoms with van der Waals surface area (Å²) in [5.41, 5.74) is 0.942. The quantitative estimate of drug-likeness (QED) is 0.564. The van der Waals surface area contributed by atoms with E-state index in [4.69, 9.17) is 4.74 Å². The molecule has 2 N–H and O–H groups in total. The van der Waals surface area contributed by atoms with Crippen molar-refractivity contribution in [3.05, 3.63) is 52.4 Å². The van der Waals surface area contributed by atoms with E-state index < -0.39 is 35.9 Å². The second kappa shape index (κ2) is 7.91. The molecule has 0 saturated carbocycles. The molecule has 1 aromatic carbocycles. The summed E-state index contributed by atoms with van der Waals surface area (Å²) in [6, 6.07) is 8.52. The molecule has 156 valence electrons. The number of amides is 4. The summed E-state index contributed by atoms with van der Waals surface area (Å²) >= 11 is 1.17. The molecule has 1 aromatic heterocycles. The van der Waals surface area contributed by atoms with Crippen molar-refractivity contribution in [1.29, 1.82) is 0 Å². The van der Waals surface area contributed by atoms with Gasteiger partial charge in [-0.1, -0.05) is 24.3 Å². The molecule has 0 bridgehead atoms. The van der Waals surface area contributed by atoms with E-state index in [2.05, 4.69) is 10.6 Å². The first kappa shape index (κ1) is 20.1. The maximum atomic E-state index is 13.2. The van der Waals surface area contributed by atoms with Gasteiger partial charge < -0.3 is 15.4 Å². The van der Waals surface area contributed by atoms with Gasteiger partial charge in [0.05, 0.1) is 12.2 Å². The van der Waals surface area contributed by atoms with Crippen LogP contribution in [0.3, 0.4) is 0 Å². The molecule has 2 heterocycles. The fourth-order valence-electron chi connectivity index (χ4n) is 4.04. The van der Waals surface area contributed by atoms with Crippen molar-refractivity contribution in [2.75, 3.05) is 18.5 Å². The number of ether oxygens (including phenoxy) is 1. The number of benzene rings is 1. The summed E-state index contributed by atoms with van der Waals surface area (Å²) in [5.74, 6) is -1.53. The third kappa shape index (κ3) is 3.35. The van der Waals surface area contributed by atoms with Crippen molar-refractivity contribution >= 4 is 40.2 Å². The Hall–Kier alpha value is -3.20. The largest absolute Gasteiger partial charge is 0.462 e. The van der Waals surface area contributed by atoms with Crippen LogP contribution >= 0.6 is 11.3 Å². The molecule has 8 nitrogen and oxygen atoms in total. The molecular weight excluding hydrogens is 406 g/mol. The third-order valence-electron chi connectivity index (χ3n) is 5.37. The summed E-state index contributed by atoms with van der Waals surface area (Å²) in [5, 5.41) is 7.41. The van der Waals surface area contributed by atoms with E-state index in [0.29, 0.717) is 11.4 Å². The fraction of sp³-hybridized carbons (Fsp3) is 0.333. The molecule has 1 aliphatic heterocycles. The van der Waals surface area contributed by atoms with Crippen molar-refractivity contribution in [1.82, 2.24) is 10.2 Å². The smallest absolute Gasteiger partial charge is 0.341 e. The molecule has 2 aliphatic rings. The normalized spacial score (nSPS) is 20.1. The van der Waals surface area contributed by atoms with Gasteiger partial charge in [-0.05, 0) is 48.8 Å². The summed E-state index contributed by atoms with van der Waals surface area (Å²) in [7, 11) is 0. The SMILES string of the molecule is CCOC(=O)c1ccsc1NC(=O)CN1C(=O)NC2(CCCc3ccccc32)C1=O. The molecule has 4 amide bonds. The number of fused-ring (bicyclic) bond motifs is 2. The first-order valence-corrected chi connectivity index (χ1v) is 10.6. The highest BCUT2D eigenvalue weighted by Crippen LogP contribution is 2.39. The Morgan fingerprint density at radius 3 is 2.87 bits per heavy atom. The molecule has 1 saturated heterocycles. The highest BCUT2D eigenvalue weighted by atomic mass is 32.1. The molecule has 1 fully saturated rings. The van der Waals surface area contributed by atoms with Gasteiger partial charge in [0, 0.05) is 0 Å². The Balaban J connectivity index is 1.51. The maximum absolute atomic E-state index is 13.2. The number of hydrogen-bond donors (Lipinski definition) is 2. The van der Waals surface area contributed by atoms with Gasteiger partial charge in [0.2, 0.25) is 5.91 Å². The summed E-state index contributed by atoms with van der Waals surface area (Å²) in [6.07, 6.45) is 2.10. The lowest BCUT2D eigenvalue weighted by Crippen LogP contribution is -2.47. The van der Waals surface area contributed by atoms with Gasteiger partial charge in [-0.25, -0.2) is 9.59 Å². The Morgan fingerprint density at radius 2 is 2.07 bits per heavy atom. The second-order valence-corrected chi connectivity index (χ2v) is 8.09. The minimum absolute atomic E-state index is 0.216. The van der Waals surface area contributed by atoms with E-state index in [-0.39, 0.29) is 12.2 Å². The Labute approximate surface area is 177 Å². The van der Waals surface area contributed by atoms with Gasteiger partial charge in [0.25, 0.3) is 5.91 Å². The van der Waals surface area contributed by atoms with Gasteiger partial charge in [-0.15, -0.1) is 11.3 Å². The number of esters is 1. The summed E-state index contributed by atoms with van der Waals surface area (Å²) < 4.78 is 4.97. The minimum atomic E-state index is -1.12. The van der Waals surface area contributed by atoms with Gasteiger partial charge in [-0.3, -0.25) is 14.5 Å². The number of nitrogens with one attached hydrogen (secondary N) is 2. The number of imide groups is 1. The third-order valence-corrected chi connectivity index (χ3v) is 6.20. The Morgan fingerprint density at radius 1 is 1.27 bits per heavy atom. The lowest BCUT2D eigenvalue weighted by atomic mass is 9.76. The number of nitrogens with zero attached hydrogens (tertiary/aromatic N) is 1. The van der Waals surface area contributed by atoms with Crippen molar-refractivity contribution in [3.63, 3.8) is 0 Å². The molecule has 1 spiro atoms. The van der Waals surface area contributed by atoms with E-state index in [1.807, 2.05) is 24.3 Å². The highest BCUT2D eigenvalue weighted by Gasteiger charge is 2.54. The van der Waals surface area contributed by atoms with Crippen LogP contribution in [0.25, 0.3) is 0 Å². The molecule has 1 aliphatic carbocycles. The molecule has 2 aromatic rings. The number of carbonyl (C=O) groups excluding carboxylic acids is 4. The van der Waals surface area contributed by atoms with E-state index in [1.165, 1.54) is 11.3 Å². The number of carbonyl (C=O) groups is 4. The number of urea groups is 1. The van der Waals surface area contributed by atoms with Crippen molar-refractivity contribution < 1.29 is 23.9 Å². The minimum Gasteiger partial charge on any atom is -0.462 e. The van der Waals surface area contributed by atoms with Crippen LogP contribution in [0, 0.1) is 0 Å². The zero-order chi connectivity index (χ0) is 21.3. The van der Waals surface area contributed by atoms with Crippen LogP contribution in [0.5, 0.6) is 0 Å². The summed E-state index contributed by atoms with van der Waals surface area (Å²) in [6.45, 7) is 1.47. The molecular formula is C21H21N3O5S. The predicted octanol–water partition coefficient (Wildman–Crippen LogP) is 2.65. The standard InChI is InChI=1S/C21H21N3O5S/c1-2-29-18(26)14-9-11-30-17(14)22-16(25)12-24-19(27)21(23-20(24)28)10-5-7-13-6-3-4-8-15(13)21/h3-4,6,8-9,11H,2,5,7,10,12H2,1H3,(H,22,25)(H,23,28). The number of hydrogen-bond acceptors (Lipinski definition) is 6. The number of rotatable bonds is 5. The van der Waals surface area contributed by atoms with Crippen molar-refractivity contribution in [2.45, 2.75) is 31.7 Å². The first-order chi connectivity index (χ1) is 14.5. The van der Waals surface area contributed by atoms with Crippen molar-refractivity contribution in [2.24, 2.45) is 0 Å². The maximum Gasteiger partial charge on any atom is 0.341 e. The molecule has 9 heteroatoms. The first-order valence-electron chi connectivity index (χ1n) is 9.73. The van der Waals surface area contributed by atoms with Crippen LogP contribution in [0.15, 0.2) is 35.7 Å². The van der Waals surface area contributed by atoms with Crippen LogP contribution in [0.4, 0.5) is 9.80 Å². The fourth-order valence-corrected chi connectivity index (χ4v) is 4.83. The molecule has 0 radical (unpaired) electrons. The zero-order valence-electron chi connectivity index (χ0n) is 16.4. The predicted molar refractivity (Wildman–Crippen MR) is 110 cm³/mol. The molecule has 1 atom stereocenters. The second-order valence-electron chi connectivity index (χ2n) is 7.17. The van der Waals surface area contributed by atoms with Crippen LogP contribution in [-0.2, 0) is 26.3 Å².